The number of aromatic hydroxyl groups is 1. The van der Waals surface area contributed by atoms with E-state index in [1.54, 1.807) is 12.1 Å². The highest BCUT2D eigenvalue weighted by atomic mass is 35.5. The number of carboxylic acid groups (broad SMARTS) is 1. The number of carboxylic acids is 1. The van der Waals surface area contributed by atoms with Gasteiger partial charge in [-0.05, 0) is 41.0 Å². The van der Waals surface area contributed by atoms with Crippen LogP contribution < -0.4 is 10.5 Å². The lowest BCUT2D eigenvalue weighted by atomic mass is 9.99. The fourth-order valence-corrected chi connectivity index (χ4v) is 4.31. The van der Waals surface area contributed by atoms with Crippen molar-refractivity contribution in [3.8, 4) is 16.9 Å². The molecule has 0 saturated heterocycles. The number of aromatic carboxylic acids is 1. The molecule has 0 saturated carbocycles. The van der Waals surface area contributed by atoms with Gasteiger partial charge in [-0.1, -0.05) is 48.0 Å². The molecule has 0 heterocycles. The van der Waals surface area contributed by atoms with Gasteiger partial charge in [0.25, 0.3) is 10.0 Å². The average Bonchev–Trinajstić information content (AvgIpc) is 2.69. The van der Waals surface area contributed by atoms with Gasteiger partial charge in [-0.3, -0.25) is 4.72 Å². The van der Waals surface area contributed by atoms with Gasteiger partial charge in [-0.2, -0.15) is 0 Å². The van der Waals surface area contributed by atoms with Crippen molar-refractivity contribution < 1.29 is 23.4 Å². The fourth-order valence-electron chi connectivity index (χ4n) is 2.84. The molecule has 0 amide bonds. The van der Waals surface area contributed by atoms with Crippen LogP contribution in [0.5, 0.6) is 5.75 Å². The summed E-state index contributed by atoms with van der Waals surface area (Å²) < 4.78 is 27.9. The Kier molecular flexibility index (Phi) is 5.78. The van der Waals surface area contributed by atoms with Crippen molar-refractivity contribution in [1.29, 1.82) is 0 Å². The second-order valence-corrected chi connectivity index (χ2v) is 8.22. The smallest absolute Gasteiger partial charge is 0.335 e. The molecule has 0 radical (unpaired) electrons. The van der Waals surface area contributed by atoms with Crippen LogP contribution >= 0.6 is 11.6 Å². The maximum absolute atomic E-state index is 12.8. The molecule has 0 bridgehead atoms. The molecule has 0 atom stereocenters. The summed E-state index contributed by atoms with van der Waals surface area (Å²) in [5, 5.41) is 18.8. The number of nitrogens with two attached hydrogens (primary N) is 1. The molecular weight excluding hydrogens is 416 g/mol. The van der Waals surface area contributed by atoms with Crippen molar-refractivity contribution in [2.75, 3.05) is 4.72 Å². The minimum absolute atomic E-state index is 0.227. The van der Waals surface area contributed by atoms with E-state index in [9.17, 15) is 18.3 Å². The first-order chi connectivity index (χ1) is 13.7. The molecule has 0 aromatic heterocycles. The van der Waals surface area contributed by atoms with E-state index in [4.69, 9.17) is 22.4 Å². The van der Waals surface area contributed by atoms with Gasteiger partial charge >= 0.3 is 5.97 Å². The molecule has 3 aromatic rings. The number of phenolic OH excluding ortho intramolecular Hbond substituents is 1. The molecule has 0 aliphatic carbocycles. The number of anilines is 1. The number of carbonyl (C=O) groups is 1. The highest BCUT2D eigenvalue weighted by molar-refractivity contribution is 7.92. The molecule has 7 nitrogen and oxygen atoms in total. The first-order valence-electron chi connectivity index (χ1n) is 8.40. The van der Waals surface area contributed by atoms with Gasteiger partial charge < -0.3 is 15.9 Å². The monoisotopic (exact) mass is 432 g/mol. The molecule has 29 heavy (non-hydrogen) atoms. The summed E-state index contributed by atoms with van der Waals surface area (Å²) in [6.07, 6.45) is 0. The Balaban J connectivity index is 2.02. The van der Waals surface area contributed by atoms with Crippen LogP contribution in [0.1, 0.15) is 15.9 Å². The highest BCUT2D eigenvalue weighted by Crippen LogP contribution is 2.34. The summed E-state index contributed by atoms with van der Waals surface area (Å²) in [6.45, 7) is 0.320. The average molecular weight is 433 g/mol. The van der Waals surface area contributed by atoms with E-state index in [0.29, 0.717) is 6.54 Å². The lowest BCUT2D eigenvalue weighted by Gasteiger charge is -2.13. The van der Waals surface area contributed by atoms with E-state index < -0.39 is 26.6 Å². The molecule has 150 valence electrons. The molecule has 5 N–H and O–H groups in total. The summed E-state index contributed by atoms with van der Waals surface area (Å²) in [5.41, 5.74) is 8.13. The Morgan fingerprint density at radius 3 is 2.48 bits per heavy atom. The third-order valence-corrected chi connectivity index (χ3v) is 5.91. The predicted molar refractivity (Wildman–Crippen MR) is 111 cm³/mol. The Morgan fingerprint density at radius 1 is 1.07 bits per heavy atom. The van der Waals surface area contributed by atoms with Crippen molar-refractivity contribution in [3.63, 3.8) is 0 Å². The van der Waals surface area contributed by atoms with Gasteiger partial charge in [-0.15, -0.1) is 0 Å². The lowest BCUT2D eigenvalue weighted by molar-refractivity contribution is 0.0696. The Labute approximate surface area is 172 Å². The number of hydrogen-bond acceptors (Lipinski definition) is 5. The minimum atomic E-state index is -4.31. The summed E-state index contributed by atoms with van der Waals surface area (Å²) in [5.74, 6) is -2.10. The summed E-state index contributed by atoms with van der Waals surface area (Å²) in [6, 6.07) is 15.9. The normalized spacial score (nSPS) is 11.2. The molecular formula is C20H17ClN2O5S. The highest BCUT2D eigenvalue weighted by Gasteiger charge is 2.24. The number of halogens is 1. The van der Waals surface area contributed by atoms with Gasteiger partial charge in [0.1, 0.15) is 4.90 Å². The molecule has 3 aromatic carbocycles. The molecule has 0 aliphatic heterocycles. The molecule has 3 rings (SSSR count). The van der Waals surface area contributed by atoms with Gasteiger partial charge in [0.05, 0.1) is 10.6 Å². The molecule has 0 unspecified atom stereocenters. The van der Waals surface area contributed by atoms with Crippen LogP contribution in [0.2, 0.25) is 5.02 Å². The predicted octanol–water partition coefficient (Wildman–Crippen LogP) is 3.67. The summed E-state index contributed by atoms with van der Waals surface area (Å²) in [4.78, 5) is 10.6. The van der Waals surface area contributed by atoms with Crippen molar-refractivity contribution >= 4 is 33.3 Å². The quantitative estimate of drug-likeness (QED) is 0.470. The molecule has 0 aliphatic rings. The van der Waals surface area contributed by atoms with Gasteiger partial charge in [0.15, 0.2) is 5.75 Å². The van der Waals surface area contributed by atoms with E-state index in [1.165, 1.54) is 6.07 Å². The second kappa shape index (κ2) is 8.12. The van der Waals surface area contributed by atoms with Crippen LogP contribution in [0.4, 0.5) is 5.69 Å². The largest absolute Gasteiger partial charge is 0.505 e. The second-order valence-electron chi connectivity index (χ2n) is 6.16. The maximum Gasteiger partial charge on any atom is 0.335 e. The molecule has 9 heteroatoms. The topological polar surface area (TPSA) is 130 Å². The lowest BCUT2D eigenvalue weighted by Crippen LogP contribution is -2.14. The van der Waals surface area contributed by atoms with Gasteiger partial charge in [0.2, 0.25) is 0 Å². The number of benzene rings is 3. The molecule has 0 spiro atoms. The van der Waals surface area contributed by atoms with Crippen LogP contribution in [0.3, 0.4) is 0 Å². The maximum atomic E-state index is 12.8. The number of hydrogen-bond donors (Lipinski definition) is 4. The first-order valence-corrected chi connectivity index (χ1v) is 10.3. The number of phenols is 1. The minimum Gasteiger partial charge on any atom is -0.505 e. The van der Waals surface area contributed by atoms with Crippen LogP contribution in [0.15, 0.2) is 65.6 Å². The number of sulfonamides is 1. The van der Waals surface area contributed by atoms with Gasteiger partial charge in [0, 0.05) is 12.2 Å². The van der Waals surface area contributed by atoms with Crippen molar-refractivity contribution in [2.24, 2.45) is 5.73 Å². The van der Waals surface area contributed by atoms with Crippen LogP contribution in [-0.4, -0.2) is 24.6 Å². The van der Waals surface area contributed by atoms with E-state index in [1.807, 2.05) is 30.3 Å². The van der Waals surface area contributed by atoms with Crippen molar-refractivity contribution in [3.05, 3.63) is 76.8 Å². The van der Waals surface area contributed by atoms with Gasteiger partial charge in [-0.25, -0.2) is 13.2 Å². The van der Waals surface area contributed by atoms with E-state index in [0.717, 1.165) is 28.8 Å². The SMILES string of the molecule is NCc1ccccc1-c1cccc(NS(=O)(=O)c2cc(C(=O)O)cc(Cl)c2O)c1. The summed E-state index contributed by atoms with van der Waals surface area (Å²) >= 11 is 5.79. The Bertz CT molecular complexity index is 1200. The standard InChI is InChI=1S/C20H17ClN2O5S/c21-17-9-14(20(25)26)10-18(19(17)24)29(27,28)23-15-6-3-5-12(8-15)16-7-2-1-4-13(16)11-22/h1-10,23-24H,11,22H2,(H,25,26). The number of nitrogens with one attached hydrogen (secondary N) is 1. The zero-order valence-corrected chi connectivity index (χ0v) is 16.5. The van der Waals surface area contributed by atoms with E-state index in [2.05, 4.69) is 4.72 Å². The first kappa shape index (κ1) is 20.7. The Hall–Kier alpha value is -3.07. The molecule has 0 fully saturated rings. The number of rotatable bonds is 6. The van der Waals surface area contributed by atoms with Crippen LogP contribution in [-0.2, 0) is 16.6 Å². The van der Waals surface area contributed by atoms with Crippen LogP contribution in [0.25, 0.3) is 11.1 Å². The van der Waals surface area contributed by atoms with E-state index >= 15 is 0 Å². The zero-order valence-electron chi connectivity index (χ0n) is 15.0. The summed E-state index contributed by atoms with van der Waals surface area (Å²) in [7, 11) is -4.31. The Morgan fingerprint density at radius 2 is 1.79 bits per heavy atom. The van der Waals surface area contributed by atoms with Crippen LogP contribution in [0, 0.1) is 0 Å². The van der Waals surface area contributed by atoms with Crippen molar-refractivity contribution in [2.45, 2.75) is 11.4 Å². The third kappa shape index (κ3) is 4.34. The third-order valence-electron chi connectivity index (χ3n) is 4.23. The zero-order chi connectivity index (χ0) is 21.2. The van der Waals surface area contributed by atoms with E-state index in [-0.39, 0.29) is 16.3 Å². The fraction of sp³-hybridized carbons (Fsp3) is 0.0500. The van der Waals surface area contributed by atoms with Crippen molar-refractivity contribution in [1.82, 2.24) is 0 Å².